The minimum absolute atomic E-state index is 0.947. The number of fused-ring (bicyclic) bond motifs is 3. The van der Waals surface area contributed by atoms with Crippen LogP contribution in [-0.2, 0) is 0 Å². The van der Waals surface area contributed by atoms with Crippen molar-refractivity contribution in [3.8, 4) is 11.1 Å². The van der Waals surface area contributed by atoms with Gasteiger partial charge in [0.25, 0.3) is 0 Å². The van der Waals surface area contributed by atoms with Crippen molar-refractivity contribution >= 4 is 17.9 Å². The summed E-state index contributed by atoms with van der Waals surface area (Å²) in [6.45, 7) is 2.57. The molecule has 0 saturated heterocycles. The molecule has 2 aliphatic rings. The second kappa shape index (κ2) is 3.68. The zero-order chi connectivity index (χ0) is 12.2. The Bertz CT molecular complexity index is 565. The van der Waals surface area contributed by atoms with E-state index in [0.717, 1.165) is 5.66 Å². The van der Waals surface area contributed by atoms with Gasteiger partial charge in [0.1, 0.15) is 0 Å². The van der Waals surface area contributed by atoms with Gasteiger partial charge in [-0.1, -0.05) is 62.2 Å². The smallest absolute Gasteiger partial charge is 0.0101 e. The third-order valence-corrected chi connectivity index (χ3v) is 9.66. The molecule has 4 rings (SSSR count). The van der Waals surface area contributed by atoms with Gasteiger partial charge < -0.3 is 0 Å². The van der Waals surface area contributed by atoms with Crippen LogP contribution in [0.4, 0.5) is 0 Å². The van der Waals surface area contributed by atoms with Crippen molar-refractivity contribution in [2.24, 2.45) is 0 Å². The molecule has 0 atom stereocenters. The Balaban J connectivity index is 2.03. The van der Waals surface area contributed by atoms with Gasteiger partial charge in [0.05, 0.1) is 0 Å². The highest BCUT2D eigenvalue weighted by molar-refractivity contribution is 7.90. The van der Waals surface area contributed by atoms with Gasteiger partial charge in [0.15, 0.2) is 0 Å². The van der Waals surface area contributed by atoms with Crippen molar-refractivity contribution in [3.05, 3.63) is 48.5 Å². The molecule has 1 aliphatic heterocycles. The largest absolute Gasteiger partial charge is 0.0687 e. The third-order valence-electron chi connectivity index (χ3n) is 4.90. The van der Waals surface area contributed by atoms with E-state index in [2.05, 4.69) is 55.2 Å². The molecule has 0 unspecified atom stereocenters. The lowest BCUT2D eigenvalue weighted by Crippen LogP contribution is -2.32. The maximum Gasteiger partial charge on any atom is -0.0101 e. The molecule has 1 fully saturated rings. The zero-order valence-corrected chi connectivity index (χ0v) is 11.7. The van der Waals surface area contributed by atoms with Crippen LogP contribution in [0.1, 0.15) is 19.3 Å². The molecule has 0 spiro atoms. The molecule has 91 valence electrons. The van der Waals surface area contributed by atoms with Crippen LogP contribution < -0.4 is 10.6 Å². The molecule has 1 heterocycles. The quantitative estimate of drug-likeness (QED) is 0.678. The lowest BCUT2D eigenvalue weighted by molar-refractivity contribution is 0.514. The van der Waals surface area contributed by atoms with E-state index >= 15 is 0 Å². The second-order valence-corrected chi connectivity index (χ2v) is 9.54. The van der Waals surface area contributed by atoms with Crippen LogP contribution in [0.2, 0.25) is 0 Å². The summed E-state index contributed by atoms with van der Waals surface area (Å²) in [4.78, 5) is 0. The van der Waals surface area contributed by atoms with Gasteiger partial charge in [-0.05, 0) is 46.9 Å². The summed E-state index contributed by atoms with van der Waals surface area (Å²) in [6.07, 6.45) is 4.31. The molecule has 2 aromatic rings. The predicted molar refractivity (Wildman–Crippen MR) is 81.6 cm³/mol. The van der Waals surface area contributed by atoms with Crippen molar-refractivity contribution in [2.75, 3.05) is 6.66 Å². The Morgan fingerprint density at radius 1 is 0.833 bits per heavy atom. The van der Waals surface area contributed by atoms with E-state index in [4.69, 9.17) is 0 Å². The maximum atomic E-state index is 2.57. The van der Waals surface area contributed by atoms with Crippen LogP contribution in [0.15, 0.2) is 48.5 Å². The molecule has 1 aliphatic carbocycles. The van der Waals surface area contributed by atoms with E-state index in [9.17, 15) is 0 Å². The first-order chi connectivity index (χ1) is 8.82. The number of hydrogen-bond acceptors (Lipinski definition) is 0. The number of hydrogen-bond donors (Lipinski definition) is 0. The van der Waals surface area contributed by atoms with Gasteiger partial charge in [0, 0.05) is 0 Å². The summed E-state index contributed by atoms with van der Waals surface area (Å²) < 4.78 is 0. The van der Waals surface area contributed by atoms with E-state index in [1.165, 1.54) is 30.4 Å². The lowest BCUT2D eigenvalue weighted by atomic mass is 10.00. The first kappa shape index (κ1) is 10.8. The summed E-state index contributed by atoms with van der Waals surface area (Å²) in [5, 5.41) is 3.33. The second-order valence-electron chi connectivity index (χ2n) is 5.69. The van der Waals surface area contributed by atoms with Crippen LogP contribution in [-0.4, -0.2) is 12.3 Å². The van der Waals surface area contributed by atoms with E-state index in [1.807, 2.05) is 0 Å². The number of benzene rings is 2. The van der Waals surface area contributed by atoms with Crippen LogP contribution in [0.3, 0.4) is 0 Å². The summed E-state index contributed by atoms with van der Waals surface area (Å²) in [6, 6.07) is 18.2. The number of rotatable bonds is 1. The Hall–Kier alpha value is -1.13. The summed E-state index contributed by atoms with van der Waals surface area (Å²) in [5.74, 6) is 0. The SMILES string of the molecule is C[P]1(C2CCC2)c2ccccc2-c2ccccc21. The Morgan fingerprint density at radius 3 is 1.78 bits per heavy atom. The fourth-order valence-electron chi connectivity index (χ4n) is 3.64. The first-order valence-corrected chi connectivity index (χ1v) is 9.18. The third kappa shape index (κ3) is 1.20. The normalized spacial score (nSPS) is 20.1. The minimum atomic E-state index is -1.10. The van der Waals surface area contributed by atoms with Crippen molar-refractivity contribution in [1.82, 2.24) is 0 Å². The average Bonchev–Trinajstić information content (AvgIpc) is 2.60. The van der Waals surface area contributed by atoms with Gasteiger partial charge in [-0.25, -0.2) is 0 Å². The molecule has 1 heteroatoms. The minimum Gasteiger partial charge on any atom is -0.0687 e. The molecular weight excluding hydrogens is 235 g/mol. The van der Waals surface area contributed by atoms with Crippen molar-refractivity contribution < 1.29 is 0 Å². The van der Waals surface area contributed by atoms with Gasteiger partial charge in [-0.2, -0.15) is 0 Å². The first-order valence-electron chi connectivity index (χ1n) is 6.87. The summed E-state index contributed by atoms with van der Waals surface area (Å²) >= 11 is 0. The van der Waals surface area contributed by atoms with E-state index < -0.39 is 7.26 Å². The molecule has 0 bridgehead atoms. The van der Waals surface area contributed by atoms with Crippen LogP contribution in [0, 0.1) is 0 Å². The van der Waals surface area contributed by atoms with Gasteiger partial charge in [-0.3, -0.25) is 0 Å². The lowest BCUT2D eigenvalue weighted by Gasteiger charge is -2.44. The highest BCUT2D eigenvalue weighted by Gasteiger charge is 2.44. The van der Waals surface area contributed by atoms with Crippen LogP contribution in [0.25, 0.3) is 11.1 Å². The fourth-order valence-corrected chi connectivity index (χ4v) is 8.27. The van der Waals surface area contributed by atoms with Crippen molar-refractivity contribution in [2.45, 2.75) is 24.9 Å². The molecule has 0 aromatic heterocycles. The highest BCUT2D eigenvalue weighted by atomic mass is 31.2. The van der Waals surface area contributed by atoms with Gasteiger partial charge in [-0.15, -0.1) is 0 Å². The van der Waals surface area contributed by atoms with Gasteiger partial charge in [0.2, 0.25) is 0 Å². The average molecular weight is 253 g/mol. The molecular formula is C17H18P. The Kier molecular flexibility index (Phi) is 2.20. The summed E-state index contributed by atoms with van der Waals surface area (Å²) in [5.41, 5.74) is 3.97. The van der Waals surface area contributed by atoms with Crippen LogP contribution in [0.5, 0.6) is 0 Å². The Labute approximate surface area is 109 Å². The zero-order valence-electron chi connectivity index (χ0n) is 10.8. The molecule has 1 saturated carbocycles. The molecule has 2 aromatic carbocycles. The topological polar surface area (TPSA) is 0 Å². The van der Waals surface area contributed by atoms with E-state index in [1.54, 1.807) is 10.6 Å². The van der Waals surface area contributed by atoms with Crippen molar-refractivity contribution in [3.63, 3.8) is 0 Å². The molecule has 0 N–H and O–H groups in total. The predicted octanol–water partition coefficient (Wildman–Crippen LogP) is 3.82. The van der Waals surface area contributed by atoms with Crippen molar-refractivity contribution in [1.29, 1.82) is 0 Å². The van der Waals surface area contributed by atoms with E-state index in [-0.39, 0.29) is 0 Å². The fraction of sp³-hybridized carbons (Fsp3) is 0.294. The molecule has 0 nitrogen and oxygen atoms in total. The summed E-state index contributed by atoms with van der Waals surface area (Å²) in [7, 11) is -1.10. The molecule has 18 heavy (non-hydrogen) atoms. The molecule has 1 radical (unpaired) electrons. The standard InChI is InChI=1S/C17H18P/c1-18(13-7-6-8-13)16-11-4-2-9-14(16)15-10-3-5-12-17(15)18/h2-5,9-13H,6-8H2,1H3. The monoisotopic (exact) mass is 253 g/mol. The van der Waals surface area contributed by atoms with E-state index in [0.29, 0.717) is 0 Å². The maximum absolute atomic E-state index is 2.57. The Morgan fingerprint density at radius 2 is 1.33 bits per heavy atom. The molecule has 0 amide bonds. The highest BCUT2D eigenvalue weighted by Crippen LogP contribution is 2.68. The van der Waals surface area contributed by atoms with Crippen LogP contribution >= 0.6 is 7.26 Å². The van der Waals surface area contributed by atoms with Gasteiger partial charge >= 0.3 is 0 Å².